The second kappa shape index (κ2) is 8.22. The number of piperidine rings is 1. The number of carbonyl (C=O) groups excluding carboxylic acids is 1. The molecule has 0 bridgehead atoms. The van der Waals surface area contributed by atoms with Gasteiger partial charge in [0.2, 0.25) is 0 Å². The molecule has 2 N–H and O–H groups in total. The molecule has 25 heavy (non-hydrogen) atoms. The van der Waals surface area contributed by atoms with Crippen LogP contribution in [0, 0.1) is 0 Å². The third-order valence-electron chi connectivity index (χ3n) is 6.23. The van der Waals surface area contributed by atoms with Crippen LogP contribution in [0.25, 0.3) is 0 Å². The standard InChI is InChI=1S/C21H33N3O/c1-23(2)19-11-9-10-18(16-19)20(25)22-17-21(12-5-3-6-13-21)24-14-7-4-8-15-24/h9-11,16H,3-8,12-15,17H2,1-2H3,(H,22,25)/p+1. The topological polar surface area (TPSA) is 36.8 Å². The Balaban J connectivity index is 1.68. The summed E-state index contributed by atoms with van der Waals surface area (Å²) in [6.07, 6.45) is 10.6. The Labute approximate surface area is 152 Å². The molecule has 4 heteroatoms. The van der Waals surface area contributed by atoms with Gasteiger partial charge in [-0.25, -0.2) is 0 Å². The van der Waals surface area contributed by atoms with E-state index >= 15 is 0 Å². The second-order valence-electron chi connectivity index (χ2n) is 8.13. The van der Waals surface area contributed by atoms with Crippen molar-refractivity contribution in [3.63, 3.8) is 0 Å². The Kier molecular flexibility index (Phi) is 6.00. The van der Waals surface area contributed by atoms with Crippen LogP contribution < -0.4 is 15.1 Å². The molecule has 0 atom stereocenters. The van der Waals surface area contributed by atoms with E-state index in [1.54, 1.807) is 4.90 Å². The molecule has 1 heterocycles. The van der Waals surface area contributed by atoms with E-state index in [-0.39, 0.29) is 11.4 Å². The van der Waals surface area contributed by atoms with Crippen LogP contribution in [-0.4, -0.2) is 45.2 Å². The first-order valence-corrected chi connectivity index (χ1v) is 10.0. The van der Waals surface area contributed by atoms with Crippen molar-refractivity contribution in [3.05, 3.63) is 29.8 Å². The molecule has 1 amide bonds. The summed E-state index contributed by atoms with van der Waals surface area (Å²) in [7, 11) is 4.02. The molecule has 1 aliphatic carbocycles. The van der Waals surface area contributed by atoms with Crippen molar-refractivity contribution in [2.45, 2.75) is 56.9 Å². The van der Waals surface area contributed by atoms with Crippen LogP contribution >= 0.6 is 0 Å². The number of quaternary nitrogens is 1. The van der Waals surface area contributed by atoms with Crippen LogP contribution in [0.5, 0.6) is 0 Å². The van der Waals surface area contributed by atoms with Gasteiger partial charge in [-0.05, 0) is 50.3 Å². The quantitative estimate of drug-likeness (QED) is 0.860. The zero-order valence-electron chi connectivity index (χ0n) is 15.9. The summed E-state index contributed by atoms with van der Waals surface area (Å²) in [5.74, 6) is 0.0741. The van der Waals surface area contributed by atoms with Crippen LogP contribution in [0.1, 0.15) is 61.7 Å². The fourth-order valence-corrected chi connectivity index (χ4v) is 4.67. The van der Waals surface area contributed by atoms with Gasteiger partial charge >= 0.3 is 0 Å². The van der Waals surface area contributed by atoms with E-state index in [1.807, 2.05) is 43.3 Å². The highest BCUT2D eigenvalue weighted by Crippen LogP contribution is 2.26. The summed E-state index contributed by atoms with van der Waals surface area (Å²) in [5.41, 5.74) is 2.11. The number of likely N-dealkylation sites (tertiary alicyclic amines) is 1. The first-order valence-electron chi connectivity index (χ1n) is 10.0. The fourth-order valence-electron chi connectivity index (χ4n) is 4.67. The predicted molar refractivity (Wildman–Crippen MR) is 103 cm³/mol. The van der Waals surface area contributed by atoms with Gasteiger partial charge in [0, 0.05) is 38.2 Å². The second-order valence-corrected chi connectivity index (χ2v) is 8.13. The minimum Gasteiger partial charge on any atom is -0.378 e. The zero-order valence-corrected chi connectivity index (χ0v) is 15.9. The van der Waals surface area contributed by atoms with Crippen molar-refractivity contribution in [3.8, 4) is 0 Å². The van der Waals surface area contributed by atoms with Crippen LogP contribution in [0.15, 0.2) is 24.3 Å². The first-order chi connectivity index (χ1) is 12.1. The molecule has 1 aliphatic heterocycles. The molecule has 1 aromatic carbocycles. The summed E-state index contributed by atoms with van der Waals surface area (Å²) in [6, 6.07) is 7.91. The monoisotopic (exact) mass is 344 g/mol. The Morgan fingerprint density at radius 1 is 1.08 bits per heavy atom. The maximum atomic E-state index is 12.7. The van der Waals surface area contributed by atoms with Gasteiger partial charge in [-0.15, -0.1) is 0 Å². The smallest absolute Gasteiger partial charge is 0.251 e. The summed E-state index contributed by atoms with van der Waals surface area (Å²) >= 11 is 0. The van der Waals surface area contributed by atoms with Crippen LogP contribution in [0.4, 0.5) is 5.69 Å². The lowest BCUT2D eigenvalue weighted by Gasteiger charge is -2.45. The molecule has 2 aliphatic rings. The highest BCUT2D eigenvalue weighted by Gasteiger charge is 2.42. The van der Waals surface area contributed by atoms with E-state index in [4.69, 9.17) is 0 Å². The maximum absolute atomic E-state index is 12.7. The van der Waals surface area contributed by atoms with Gasteiger partial charge in [-0.3, -0.25) is 4.79 Å². The van der Waals surface area contributed by atoms with Crippen LogP contribution in [0.2, 0.25) is 0 Å². The Morgan fingerprint density at radius 3 is 2.44 bits per heavy atom. The molecule has 138 valence electrons. The van der Waals surface area contributed by atoms with Crippen molar-refractivity contribution < 1.29 is 9.69 Å². The van der Waals surface area contributed by atoms with Crippen molar-refractivity contribution >= 4 is 11.6 Å². The molecule has 0 aromatic heterocycles. The molecule has 0 radical (unpaired) electrons. The van der Waals surface area contributed by atoms with Gasteiger partial charge in [0.15, 0.2) is 0 Å². The lowest BCUT2D eigenvalue weighted by atomic mass is 9.79. The fraction of sp³-hybridized carbons (Fsp3) is 0.667. The largest absolute Gasteiger partial charge is 0.378 e. The van der Waals surface area contributed by atoms with E-state index in [2.05, 4.69) is 5.32 Å². The molecule has 0 spiro atoms. The summed E-state index contributed by atoms with van der Waals surface area (Å²) < 4.78 is 0. The summed E-state index contributed by atoms with van der Waals surface area (Å²) in [4.78, 5) is 16.5. The Bertz CT molecular complexity index is 572. The van der Waals surface area contributed by atoms with Crippen molar-refractivity contribution in [2.75, 3.05) is 38.6 Å². The van der Waals surface area contributed by atoms with Crippen LogP contribution in [-0.2, 0) is 0 Å². The van der Waals surface area contributed by atoms with E-state index in [0.29, 0.717) is 0 Å². The molecule has 3 rings (SSSR count). The molecule has 0 unspecified atom stereocenters. The highest BCUT2D eigenvalue weighted by molar-refractivity contribution is 5.95. The van der Waals surface area contributed by atoms with Crippen LogP contribution in [0.3, 0.4) is 0 Å². The number of hydrogen-bond donors (Lipinski definition) is 2. The summed E-state index contributed by atoms with van der Waals surface area (Å²) in [5, 5.41) is 3.29. The van der Waals surface area contributed by atoms with E-state index in [0.717, 1.165) is 17.8 Å². The lowest BCUT2D eigenvalue weighted by molar-refractivity contribution is -0.957. The van der Waals surface area contributed by atoms with Crippen molar-refractivity contribution in [1.29, 1.82) is 0 Å². The van der Waals surface area contributed by atoms with Crippen molar-refractivity contribution in [1.82, 2.24) is 5.32 Å². The Morgan fingerprint density at radius 2 is 1.76 bits per heavy atom. The van der Waals surface area contributed by atoms with E-state index in [9.17, 15) is 4.79 Å². The molecule has 4 nitrogen and oxygen atoms in total. The molecular weight excluding hydrogens is 310 g/mol. The maximum Gasteiger partial charge on any atom is 0.251 e. The molecule has 1 aromatic rings. The predicted octanol–water partition coefficient (Wildman–Crippen LogP) is 2.25. The molecule has 1 saturated carbocycles. The van der Waals surface area contributed by atoms with Gasteiger partial charge in [-0.2, -0.15) is 0 Å². The average Bonchev–Trinajstić information content (AvgIpc) is 2.67. The number of anilines is 1. The number of rotatable bonds is 5. The third kappa shape index (κ3) is 4.35. The number of benzene rings is 1. The van der Waals surface area contributed by atoms with Gasteiger partial charge in [0.05, 0.1) is 19.6 Å². The third-order valence-corrected chi connectivity index (χ3v) is 6.23. The minimum atomic E-state index is 0.0741. The van der Waals surface area contributed by atoms with Gasteiger partial charge in [0.25, 0.3) is 5.91 Å². The normalized spacial score (nSPS) is 20.9. The number of amides is 1. The first kappa shape index (κ1) is 18.2. The average molecular weight is 345 g/mol. The summed E-state index contributed by atoms with van der Waals surface area (Å²) in [6.45, 7) is 3.39. The molecule has 1 saturated heterocycles. The minimum absolute atomic E-state index is 0.0741. The number of carbonyl (C=O) groups is 1. The van der Waals surface area contributed by atoms with E-state index < -0.39 is 0 Å². The number of nitrogens with one attached hydrogen (secondary N) is 2. The van der Waals surface area contributed by atoms with Gasteiger partial charge < -0.3 is 15.1 Å². The van der Waals surface area contributed by atoms with Crippen molar-refractivity contribution in [2.24, 2.45) is 0 Å². The Hall–Kier alpha value is -1.55. The number of nitrogens with zero attached hydrogens (tertiary/aromatic N) is 1. The number of hydrogen-bond acceptors (Lipinski definition) is 2. The van der Waals surface area contributed by atoms with Gasteiger partial charge in [-0.1, -0.05) is 12.5 Å². The lowest BCUT2D eigenvalue weighted by Crippen LogP contribution is -3.22. The van der Waals surface area contributed by atoms with E-state index in [1.165, 1.54) is 64.5 Å². The molecular formula is C21H34N3O+. The van der Waals surface area contributed by atoms with Gasteiger partial charge in [0.1, 0.15) is 5.54 Å². The molecule has 2 fully saturated rings. The highest BCUT2D eigenvalue weighted by atomic mass is 16.1. The zero-order chi connectivity index (χ0) is 17.7. The SMILES string of the molecule is CN(C)c1cccc(C(=O)NCC2([NH+]3CCCCC3)CCCCC2)c1.